The molecule has 1 heterocycles. The first-order valence-corrected chi connectivity index (χ1v) is 9.79. The third kappa shape index (κ3) is 4.98. The predicted molar refractivity (Wildman–Crippen MR) is 96.7 cm³/mol. The van der Waals surface area contributed by atoms with E-state index in [1.165, 1.54) is 37.0 Å². The van der Waals surface area contributed by atoms with Gasteiger partial charge in [-0.05, 0) is 56.8 Å². The van der Waals surface area contributed by atoms with Crippen LogP contribution in [0.3, 0.4) is 0 Å². The fourth-order valence-electron chi connectivity index (χ4n) is 3.72. The van der Waals surface area contributed by atoms with Gasteiger partial charge in [-0.25, -0.2) is 0 Å². The molecule has 1 amide bonds. The fraction of sp³-hybridized carbons (Fsp3) is 0.632. The molecule has 3 rings (SSSR count). The molecule has 0 bridgehead atoms. The molecule has 1 saturated carbocycles. The maximum Gasteiger partial charge on any atom is 0.220 e. The molecule has 0 spiro atoms. The smallest absolute Gasteiger partial charge is 0.220 e. The lowest BCUT2D eigenvalue weighted by atomic mass is 10.0. The lowest BCUT2D eigenvalue weighted by Gasteiger charge is -2.29. The van der Waals surface area contributed by atoms with Crippen molar-refractivity contribution in [1.82, 2.24) is 10.6 Å². The van der Waals surface area contributed by atoms with Crippen molar-refractivity contribution in [3.05, 3.63) is 30.3 Å². The Bertz CT molecular complexity index is 493. The monoisotopic (exact) mass is 332 g/mol. The van der Waals surface area contributed by atoms with Crippen LogP contribution in [0.4, 0.5) is 0 Å². The second-order valence-electron chi connectivity index (χ2n) is 6.98. The minimum absolute atomic E-state index is 0.200. The van der Waals surface area contributed by atoms with E-state index in [1.54, 1.807) is 0 Å². The summed E-state index contributed by atoms with van der Waals surface area (Å²) in [6.07, 6.45) is 7.91. The van der Waals surface area contributed by atoms with E-state index in [0.29, 0.717) is 12.3 Å². The van der Waals surface area contributed by atoms with Gasteiger partial charge in [0.05, 0.1) is 0 Å². The van der Waals surface area contributed by atoms with Gasteiger partial charge in [-0.2, -0.15) is 0 Å². The van der Waals surface area contributed by atoms with Crippen LogP contribution in [0.25, 0.3) is 0 Å². The summed E-state index contributed by atoms with van der Waals surface area (Å²) in [5.74, 6) is 0.928. The average Bonchev–Trinajstić information content (AvgIpc) is 3.24. The zero-order valence-electron chi connectivity index (χ0n) is 13.9. The van der Waals surface area contributed by atoms with E-state index in [-0.39, 0.29) is 10.7 Å². The van der Waals surface area contributed by atoms with Gasteiger partial charge < -0.3 is 10.6 Å². The van der Waals surface area contributed by atoms with E-state index < -0.39 is 0 Å². The molecule has 1 aliphatic heterocycles. The van der Waals surface area contributed by atoms with Crippen molar-refractivity contribution in [2.75, 3.05) is 19.6 Å². The third-order valence-electron chi connectivity index (χ3n) is 5.14. The Morgan fingerprint density at radius 2 is 2.04 bits per heavy atom. The van der Waals surface area contributed by atoms with Crippen LogP contribution in [0.2, 0.25) is 0 Å². The second-order valence-corrected chi connectivity index (χ2v) is 8.52. The third-order valence-corrected chi connectivity index (χ3v) is 6.64. The number of hydrogen-bond donors (Lipinski definition) is 2. The molecule has 1 aromatic rings. The molecule has 3 nitrogen and oxygen atoms in total. The molecular weight excluding hydrogens is 304 g/mol. The summed E-state index contributed by atoms with van der Waals surface area (Å²) in [4.78, 5) is 13.5. The van der Waals surface area contributed by atoms with Crippen molar-refractivity contribution < 1.29 is 4.79 Å². The van der Waals surface area contributed by atoms with Crippen LogP contribution in [-0.2, 0) is 4.79 Å². The molecule has 1 saturated heterocycles. The van der Waals surface area contributed by atoms with Crippen LogP contribution in [-0.4, -0.2) is 30.3 Å². The summed E-state index contributed by atoms with van der Waals surface area (Å²) in [5, 5.41) is 6.60. The summed E-state index contributed by atoms with van der Waals surface area (Å²) >= 11 is 1.96. The standard InChI is InChI=1S/C19H28N2OS/c22-18(9-8-16-10-13-20-14-16)21-15-19(11-4-5-12-19)23-17-6-2-1-3-7-17/h1-3,6-7,16,20H,4-5,8-15H2,(H,21,22). The highest BCUT2D eigenvalue weighted by Crippen LogP contribution is 2.44. The van der Waals surface area contributed by atoms with E-state index in [9.17, 15) is 4.79 Å². The Hall–Kier alpha value is -1.00. The molecule has 1 unspecified atom stereocenters. The van der Waals surface area contributed by atoms with Gasteiger partial charge in [-0.15, -0.1) is 11.8 Å². The first-order chi connectivity index (χ1) is 11.3. The molecule has 1 aliphatic carbocycles. The van der Waals surface area contributed by atoms with E-state index >= 15 is 0 Å². The highest BCUT2D eigenvalue weighted by molar-refractivity contribution is 8.00. The van der Waals surface area contributed by atoms with Gasteiger partial charge in [0, 0.05) is 22.6 Å². The van der Waals surface area contributed by atoms with Crippen LogP contribution in [0, 0.1) is 5.92 Å². The van der Waals surface area contributed by atoms with Crippen LogP contribution in [0.5, 0.6) is 0 Å². The van der Waals surface area contributed by atoms with Crippen molar-refractivity contribution in [2.45, 2.75) is 54.6 Å². The number of carbonyl (C=O) groups is 1. The zero-order chi connectivity index (χ0) is 16.0. The molecule has 1 atom stereocenters. The topological polar surface area (TPSA) is 41.1 Å². The Morgan fingerprint density at radius 3 is 2.74 bits per heavy atom. The lowest BCUT2D eigenvalue weighted by Crippen LogP contribution is -2.38. The molecule has 2 N–H and O–H groups in total. The molecule has 0 aromatic heterocycles. The number of benzene rings is 1. The molecule has 2 aliphatic rings. The number of hydrogen-bond acceptors (Lipinski definition) is 3. The SMILES string of the molecule is O=C(CCC1CCNC1)NCC1(Sc2ccccc2)CCCC1. The van der Waals surface area contributed by atoms with Gasteiger partial charge in [0.1, 0.15) is 0 Å². The molecule has 0 radical (unpaired) electrons. The number of amides is 1. The molecule has 2 fully saturated rings. The maximum atomic E-state index is 12.2. The summed E-state index contributed by atoms with van der Waals surface area (Å²) in [6.45, 7) is 3.01. The van der Waals surface area contributed by atoms with Gasteiger partial charge in [0.25, 0.3) is 0 Å². The highest BCUT2D eigenvalue weighted by Gasteiger charge is 2.35. The predicted octanol–water partition coefficient (Wildman–Crippen LogP) is 3.60. The van der Waals surface area contributed by atoms with Crippen molar-refractivity contribution in [2.24, 2.45) is 5.92 Å². The first-order valence-electron chi connectivity index (χ1n) is 8.97. The minimum atomic E-state index is 0.200. The van der Waals surface area contributed by atoms with Crippen molar-refractivity contribution in [3.8, 4) is 0 Å². The van der Waals surface area contributed by atoms with Crippen LogP contribution in [0.1, 0.15) is 44.9 Å². The van der Waals surface area contributed by atoms with Crippen molar-refractivity contribution in [3.63, 3.8) is 0 Å². The van der Waals surface area contributed by atoms with Crippen molar-refractivity contribution in [1.29, 1.82) is 0 Å². The average molecular weight is 333 g/mol. The maximum absolute atomic E-state index is 12.2. The summed E-state index contributed by atoms with van der Waals surface area (Å²) < 4.78 is 0.200. The van der Waals surface area contributed by atoms with Gasteiger partial charge in [0.15, 0.2) is 0 Å². The Balaban J connectivity index is 1.48. The van der Waals surface area contributed by atoms with E-state index in [2.05, 4.69) is 41.0 Å². The summed E-state index contributed by atoms with van der Waals surface area (Å²) in [7, 11) is 0. The number of carbonyl (C=O) groups excluding carboxylic acids is 1. The Morgan fingerprint density at radius 1 is 1.26 bits per heavy atom. The summed E-state index contributed by atoms with van der Waals surface area (Å²) in [5.41, 5.74) is 0. The number of nitrogens with one attached hydrogen (secondary N) is 2. The largest absolute Gasteiger partial charge is 0.355 e. The molecule has 1 aromatic carbocycles. The Labute approximate surface area is 144 Å². The minimum Gasteiger partial charge on any atom is -0.355 e. The lowest BCUT2D eigenvalue weighted by molar-refractivity contribution is -0.121. The summed E-state index contributed by atoms with van der Waals surface area (Å²) in [6, 6.07) is 10.6. The molecule has 4 heteroatoms. The van der Waals surface area contributed by atoms with Gasteiger partial charge in [0.2, 0.25) is 5.91 Å². The zero-order valence-corrected chi connectivity index (χ0v) is 14.7. The molecule has 126 valence electrons. The fourth-order valence-corrected chi connectivity index (χ4v) is 5.15. The van der Waals surface area contributed by atoms with E-state index in [0.717, 1.165) is 26.1 Å². The number of rotatable bonds is 7. The quantitative estimate of drug-likeness (QED) is 0.801. The molecule has 23 heavy (non-hydrogen) atoms. The Kier molecular flexibility index (Phi) is 6.01. The van der Waals surface area contributed by atoms with Crippen LogP contribution in [0.15, 0.2) is 35.2 Å². The van der Waals surface area contributed by atoms with Crippen LogP contribution < -0.4 is 10.6 Å². The van der Waals surface area contributed by atoms with E-state index in [4.69, 9.17) is 0 Å². The first kappa shape index (κ1) is 16.8. The van der Waals surface area contributed by atoms with Gasteiger partial charge >= 0.3 is 0 Å². The van der Waals surface area contributed by atoms with E-state index in [1.807, 2.05) is 11.8 Å². The van der Waals surface area contributed by atoms with Crippen LogP contribution >= 0.6 is 11.8 Å². The van der Waals surface area contributed by atoms with Crippen molar-refractivity contribution >= 4 is 17.7 Å². The van der Waals surface area contributed by atoms with Gasteiger partial charge in [-0.3, -0.25) is 4.79 Å². The molecular formula is C19H28N2OS. The highest BCUT2D eigenvalue weighted by atomic mass is 32.2. The normalized spacial score (nSPS) is 23.0. The van der Waals surface area contributed by atoms with Gasteiger partial charge in [-0.1, -0.05) is 31.0 Å². The number of thioether (sulfide) groups is 1. The second kappa shape index (κ2) is 8.20.